The van der Waals surface area contributed by atoms with Gasteiger partial charge in [0.1, 0.15) is 6.54 Å². The average molecular weight is 493 g/mol. The lowest BCUT2D eigenvalue weighted by molar-refractivity contribution is -0.116. The second-order valence-electron chi connectivity index (χ2n) is 7.87. The summed E-state index contributed by atoms with van der Waals surface area (Å²) in [7, 11) is 1.76. The van der Waals surface area contributed by atoms with Crippen LogP contribution >= 0.6 is 23.6 Å². The fourth-order valence-corrected chi connectivity index (χ4v) is 4.30. The van der Waals surface area contributed by atoms with Crippen LogP contribution in [0.3, 0.4) is 0 Å². The van der Waals surface area contributed by atoms with E-state index < -0.39 is 0 Å². The summed E-state index contributed by atoms with van der Waals surface area (Å²) >= 11 is 6.79. The first-order chi connectivity index (χ1) is 16.3. The molecule has 34 heavy (non-hydrogen) atoms. The number of thiazole rings is 1. The molecule has 2 N–H and O–H groups in total. The van der Waals surface area contributed by atoms with E-state index in [1.807, 2.05) is 61.7 Å². The van der Waals surface area contributed by atoms with Crippen LogP contribution in [0.4, 0.5) is 5.13 Å². The van der Waals surface area contributed by atoms with Crippen molar-refractivity contribution in [1.82, 2.24) is 24.6 Å². The number of amides is 2. The summed E-state index contributed by atoms with van der Waals surface area (Å²) in [4.78, 5) is 29.6. The molecule has 2 amide bonds. The molecule has 2 aromatic heterocycles. The number of nitrogens with zero attached hydrogens (tertiary/aromatic N) is 4. The first-order valence-electron chi connectivity index (χ1n) is 10.6. The Morgan fingerprint density at radius 3 is 2.56 bits per heavy atom. The third-order valence-electron chi connectivity index (χ3n) is 5.32. The number of aryl methyl sites for hydroxylation is 2. The van der Waals surface area contributed by atoms with Gasteiger partial charge in [0.25, 0.3) is 5.91 Å². The van der Waals surface area contributed by atoms with Crippen molar-refractivity contribution in [1.29, 1.82) is 0 Å². The Morgan fingerprint density at radius 1 is 1.09 bits per heavy atom. The summed E-state index contributed by atoms with van der Waals surface area (Å²) in [5.41, 5.74) is 4.47. The van der Waals surface area contributed by atoms with Crippen molar-refractivity contribution < 1.29 is 9.59 Å². The Balaban J connectivity index is 1.39. The summed E-state index contributed by atoms with van der Waals surface area (Å²) < 4.78 is 3.50. The van der Waals surface area contributed by atoms with E-state index in [1.54, 1.807) is 17.7 Å². The van der Waals surface area contributed by atoms with Gasteiger partial charge in [-0.1, -0.05) is 48.0 Å². The molecule has 8 nitrogen and oxygen atoms in total. The molecule has 0 saturated carbocycles. The van der Waals surface area contributed by atoms with Crippen molar-refractivity contribution in [2.75, 3.05) is 5.32 Å². The molecule has 2 heterocycles. The maximum absolute atomic E-state index is 12.6. The predicted octanol–water partition coefficient (Wildman–Crippen LogP) is 4.26. The minimum Gasteiger partial charge on any atom is -0.345 e. The Kier molecular flexibility index (Phi) is 6.99. The van der Waals surface area contributed by atoms with Gasteiger partial charge in [-0.05, 0) is 37.7 Å². The molecular formula is C24H24N6O2S2. The highest BCUT2D eigenvalue weighted by Gasteiger charge is 2.15. The SMILES string of the molecule is Cc1ccc(-c2csc(NC(=O)Cn3nc(CNC(=O)c4ccccc4C)n(C)c3=S)n2)cc1. The molecule has 4 aromatic rings. The van der Waals surface area contributed by atoms with Crippen LogP contribution in [0.2, 0.25) is 0 Å². The summed E-state index contributed by atoms with van der Waals surface area (Å²) in [5.74, 6) is 0.0783. The number of hydrogen-bond acceptors (Lipinski definition) is 6. The smallest absolute Gasteiger partial charge is 0.251 e. The van der Waals surface area contributed by atoms with E-state index >= 15 is 0 Å². The van der Waals surface area contributed by atoms with Crippen molar-refractivity contribution >= 4 is 40.5 Å². The minimum atomic E-state index is -0.283. The lowest BCUT2D eigenvalue weighted by atomic mass is 10.1. The third kappa shape index (κ3) is 5.29. The van der Waals surface area contributed by atoms with Crippen molar-refractivity contribution in [2.24, 2.45) is 7.05 Å². The number of hydrogen-bond donors (Lipinski definition) is 2. The van der Waals surface area contributed by atoms with Gasteiger partial charge >= 0.3 is 0 Å². The number of carbonyl (C=O) groups is 2. The van der Waals surface area contributed by atoms with Crippen LogP contribution in [-0.2, 0) is 24.9 Å². The third-order valence-corrected chi connectivity index (χ3v) is 6.56. The fraction of sp³-hybridized carbons (Fsp3) is 0.208. The summed E-state index contributed by atoms with van der Waals surface area (Å²) in [6.45, 7) is 4.05. The van der Waals surface area contributed by atoms with Crippen molar-refractivity contribution in [3.8, 4) is 11.3 Å². The van der Waals surface area contributed by atoms with Crippen LogP contribution in [-0.4, -0.2) is 31.1 Å². The number of carbonyl (C=O) groups excluding carboxylic acids is 2. The molecule has 2 aromatic carbocycles. The van der Waals surface area contributed by atoms with E-state index in [-0.39, 0.29) is 24.9 Å². The number of aromatic nitrogens is 4. The van der Waals surface area contributed by atoms with Crippen molar-refractivity contribution in [3.05, 3.63) is 81.2 Å². The molecule has 0 bridgehead atoms. The Bertz CT molecular complexity index is 1400. The van der Waals surface area contributed by atoms with Crippen molar-refractivity contribution in [2.45, 2.75) is 26.9 Å². The standard InChI is InChI=1S/C24H24N6O2S2/c1-15-8-10-17(11-9-15)19-14-34-23(26-19)27-21(31)13-30-24(33)29(3)20(28-30)12-25-22(32)18-7-5-4-6-16(18)2/h4-11,14H,12-13H2,1-3H3,(H,25,32)(H,26,27,31). The van der Waals surface area contributed by atoms with Gasteiger partial charge in [-0.25, -0.2) is 9.67 Å². The number of benzene rings is 2. The zero-order chi connectivity index (χ0) is 24.2. The molecule has 10 heteroatoms. The molecule has 0 unspecified atom stereocenters. The van der Waals surface area contributed by atoms with Crippen LogP contribution in [0, 0.1) is 18.6 Å². The molecular weight excluding hydrogens is 468 g/mol. The number of rotatable bonds is 7. The second kappa shape index (κ2) is 10.1. The van der Waals surface area contributed by atoms with Crippen LogP contribution in [0.5, 0.6) is 0 Å². The maximum Gasteiger partial charge on any atom is 0.251 e. The molecule has 0 fully saturated rings. The quantitative estimate of drug-likeness (QED) is 0.376. The van der Waals surface area contributed by atoms with Crippen LogP contribution in [0.25, 0.3) is 11.3 Å². The Labute approximate surface area is 206 Å². The van der Waals surface area contributed by atoms with Crippen LogP contribution in [0.1, 0.15) is 27.3 Å². The summed E-state index contributed by atoms with van der Waals surface area (Å²) in [6, 6.07) is 15.4. The van der Waals surface area contributed by atoms with Gasteiger partial charge in [-0.3, -0.25) is 9.59 Å². The van der Waals surface area contributed by atoms with E-state index in [1.165, 1.54) is 21.6 Å². The molecule has 0 saturated heterocycles. The van der Waals surface area contributed by atoms with Crippen LogP contribution in [0.15, 0.2) is 53.9 Å². The number of nitrogens with one attached hydrogen (secondary N) is 2. The number of anilines is 1. The van der Waals surface area contributed by atoms with Gasteiger partial charge in [0.05, 0.1) is 12.2 Å². The molecule has 0 atom stereocenters. The Morgan fingerprint density at radius 2 is 1.82 bits per heavy atom. The van der Waals surface area contributed by atoms with Gasteiger partial charge in [0.2, 0.25) is 5.91 Å². The largest absolute Gasteiger partial charge is 0.345 e. The van der Waals surface area contributed by atoms with Crippen molar-refractivity contribution in [3.63, 3.8) is 0 Å². The monoisotopic (exact) mass is 492 g/mol. The topological polar surface area (TPSA) is 93.8 Å². The normalized spacial score (nSPS) is 10.8. The highest BCUT2D eigenvalue weighted by Crippen LogP contribution is 2.25. The van der Waals surface area contributed by atoms with Crippen LogP contribution < -0.4 is 10.6 Å². The van der Waals surface area contributed by atoms with E-state index in [4.69, 9.17) is 12.2 Å². The highest BCUT2D eigenvalue weighted by atomic mass is 32.1. The molecule has 0 aliphatic carbocycles. The molecule has 0 radical (unpaired) electrons. The molecule has 0 aliphatic heterocycles. The molecule has 174 valence electrons. The first-order valence-corrected chi connectivity index (χ1v) is 11.9. The zero-order valence-electron chi connectivity index (χ0n) is 19.0. The van der Waals surface area contributed by atoms with Gasteiger partial charge in [-0.2, -0.15) is 5.10 Å². The van der Waals surface area contributed by atoms with E-state index in [0.29, 0.717) is 21.3 Å². The lowest BCUT2D eigenvalue weighted by Crippen LogP contribution is -2.25. The first kappa shape index (κ1) is 23.5. The Hall–Kier alpha value is -3.63. The average Bonchev–Trinajstić information content (AvgIpc) is 3.38. The van der Waals surface area contributed by atoms with E-state index in [9.17, 15) is 9.59 Å². The van der Waals surface area contributed by atoms with Gasteiger partial charge in [0.15, 0.2) is 15.7 Å². The van der Waals surface area contributed by atoms with Gasteiger partial charge in [-0.15, -0.1) is 11.3 Å². The summed E-state index contributed by atoms with van der Waals surface area (Å²) in [5, 5.41) is 12.5. The molecule has 0 spiro atoms. The lowest BCUT2D eigenvalue weighted by Gasteiger charge is -2.06. The molecule has 4 rings (SSSR count). The minimum absolute atomic E-state index is 0.0577. The van der Waals surface area contributed by atoms with E-state index in [2.05, 4.69) is 20.7 Å². The fourth-order valence-electron chi connectivity index (χ4n) is 3.35. The highest BCUT2D eigenvalue weighted by molar-refractivity contribution is 7.71. The summed E-state index contributed by atoms with van der Waals surface area (Å²) in [6.07, 6.45) is 0. The maximum atomic E-state index is 12.6. The van der Waals surface area contributed by atoms with Gasteiger partial charge < -0.3 is 15.2 Å². The zero-order valence-corrected chi connectivity index (χ0v) is 20.7. The predicted molar refractivity (Wildman–Crippen MR) is 135 cm³/mol. The van der Waals surface area contributed by atoms with E-state index in [0.717, 1.165) is 16.8 Å². The molecule has 0 aliphatic rings. The van der Waals surface area contributed by atoms with Gasteiger partial charge in [0, 0.05) is 23.6 Å². The second-order valence-corrected chi connectivity index (χ2v) is 9.09.